The number of hydrogen-bond donors (Lipinski definition) is 1. The maximum absolute atomic E-state index is 12.2. The first-order valence-electron chi connectivity index (χ1n) is 11.0. The minimum Gasteiger partial charge on any atom is -0.449 e. The Morgan fingerprint density at radius 2 is 1.30 bits per heavy atom. The third-order valence-electron chi connectivity index (χ3n) is 5.89. The molecule has 0 heterocycles. The highest BCUT2D eigenvalue weighted by atomic mass is 16.5. The topological polar surface area (TPSA) is 38.3 Å². The monoisotopic (exact) mass is 429 g/mol. The minimum atomic E-state index is -0.453. The van der Waals surface area contributed by atoms with Crippen molar-refractivity contribution in [3.05, 3.63) is 120 Å². The van der Waals surface area contributed by atoms with Crippen LogP contribution in [-0.4, -0.2) is 19.2 Å². The van der Waals surface area contributed by atoms with E-state index in [1.807, 2.05) is 54.6 Å². The molecule has 0 aliphatic heterocycles. The van der Waals surface area contributed by atoms with Gasteiger partial charge < -0.3 is 10.1 Å². The minimum absolute atomic E-state index is 0.0531. The highest BCUT2D eigenvalue weighted by molar-refractivity contribution is 5.79. The van der Waals surface area contributed by atoms with Gasteiger partial charge in [-0.2, -0.15) is 0 Å². The zero-order valence-corrected chi connectivity index (χ0v) is 18.1. The Hall–Kier alpha value is -4.29. The number of ether oxygens (including phenoxy) is 1. The zero-order chi connectivity index (χ0) is 22.5. The lowest BCUT2D eigenvalue weighted by molar-refractivity contribution is 0.144. The Balaban J connectivity index is 1.15. The molecule has 0 atom stereocenters. The van der Waals surface area contributed by atoms with Crippen LogP contribution in [0.5, 0.6) is 0 Å². The van der Waals surface area contributed by atoms with Gasteiger partial charge in [0.1, 0.15) is 6.61 Å². The molecule has 1 N–H and O–H groups in total. The van der Waals surface area contributed by atoms with Crippen molar-refractivity contribution in [2.75, 3.05) is 13.2 Å². The molecule has 4 aromatic rings. The number of rotatable bonds is 4. The molecular weight excluding hydrogens is 406 g/mol. The van der Waals surface area contributed by atoms with Crippen molar-refractivity contribution in [3.8, 4) is 34.1 Å². The average Bonchev–Trinajstić information content (AvgIpc) is 3.20. The summed E-state index contributed by atoms with van der Waals surface area (Å²) in [7, 11) is 0. The van der Waals surface area contributed by atoms with Crippen LogP contribution < -0.4 is 5.32 Å². The first kappa shape index (κ1) is 20.6. The molecule has 33 heavy (non-hydrogen) atoms. The molecule has 1 aliphatic rings. The Kier molecular flexibility index (Phi) is 5.91. The van der Waals surface area contributed by atoms with Gasteiger partial charge in [0.15, 0.2) is 0 Å². The second-order valence-electron chi connectivity index (χ2n) is 7.92. The van der Waals surface area contributed by atoms with Crippen LogP contribution in [0, 0.1) is 11.8 Å². The third kappa shape index (κ3) is 4.51. The van der Waals surface area contributed by atoms with Gasteiger partial charge in [0, 0.05) is 11.5 Å². The van der Waals surface area contributed by atoms with Crippen LogP contribution >= 0.6 is 0 Å². The van der Waals surface area contributed by atoms with Gasteiger partial charge in [-0.25, -0.2) is 4.79 Å². The summed E-state index contributed by atoms with van der Waals surface area (Å²) < 4.78 is 5.54. The number of amides is 1. The van der Waals surface area contributed by atoms with Crippen molar-refractivity contribution in [1.82, 2.24) is 5.32 Å². The fourth-order valence-corrected chi connectivity index (χ4v) is 4.29. The standard InChI is InChI=1S/C30H23NO2/c32-30(31-20-8-9-22-16-18-24(19-17-22)23-10-2-1-3-11-23)33-21-29-27-14-6-4-12-25(27)26-13-5-7-15-28(26)29/h1-7,10-19,29H,20-21H2,(H,31,32). The summed E-state index contributed by atoms with van der Waals surface area (Å²) >= 11 is 0. The molecule has 0 radical (unpaired) electrons. The van der Waals surface area contributed by atoms with E-state index in [0.717, 1.165) is 11.1 Å². The number of benzene rings is 4. The summed E-state index contributed by atoms with van der Waals surface area (Å²) in [6.45, 7) is 0.533. The van der Waals surface area contributed by atoms with E-state index in [1.165, 1.54) is 27.8 Å². The van der Waals surface area contributed by atoms with Crippen molar-refractivity contribution < 1.29 is 9.53 Å². The molecule has 4 aromatic carbocycles. The summed E-state index contributed by atoms with van der Waals surface area (Å²) in [4.78, 5) is 12.2. The molecular formula is C30H23NO2. The third-order valence-corrected chi connectivity index (χ3v) is 5.89. The van der Waals surface area contributed by atoms with Crippen LogP contribution in [0.15, 0.2) is 103 Å². The van der Waals surface area contributed by atoms with E-state index >= 15 is 0 Å². The predicted molar refractivity (Wildman–Crippen MR) is 132 cm³/mol. The zero-order valence-electron chi connectivity index (χ0n) is 18.1. The number of carbonyl (C=O) groups is 1. The Morgan fingerprint density at radius 1 is 0.727 bits per heavy atom. The molecule has 0 unspecified atom stereocenters. The van der Waals surface area contributed by atoms with Gasteiger partial charge in [0.2, 0.25) is 0 Å². The number of fused-ring (bicyclic) bond motifs is 3. The molecule has 0 spiro atoms. The highest BCUT2D eigenvalue weighted by Crippen LogP contribution is 2.44. The Labute approximate surface area is 194 Å². The molecule has 3 heteroatoms. The molecule has 0 fully saturated rings. The maximum Gasteiger partial charge on any atom is 0.407 e. The summed E-state index contributed by atoms with van der Waals surface area (Å²) in [5.41, 5.74) is 8.06. The second kappa shape index (κ2) is 9.46. The molecule has 0 aromatic heterocycles. The molecule has 1 aliphatic carbocycles. The van der Waals surface area contributed by atoms with Crippen LogP contribution in [0.2, 0.25) is 0 Å². The summed E-state index contributed by atoms with van der Waals surface area (Å²) in [6, 6.07) is 34.9. The smallest absolute Gasteiger partial charge is 0.407 e. The van der Waals surface area contributed by atoms with Gasteiger partial charge in [-0.05, 0) is 45.5 Å². The van der Waals surface area contributed by atoms with E-state index in [1.54, 1.807) is 0 Å². The quantitative estimate of drug-likeness (QED) is 0.390. The number of hydrogen-bond acceptors (Lipinski definition) is 2. The molecule has 3 nitrogen and oxygen atoms in total. The van der Waals surface area contributed by atoms with E-state index in [-0.39, 0.29) is 12.5 Å². The van der Waals surface area contributed by atoms with Crippen molar-refractivity contribution in [2.45, 2.75) is 5.92 Å². The van der Waals surface area contributed by atoms with Gasteiger partial charge in [-0.15, -0.1) is 0 Å². The lowest BCUT2D eigenvalue weighted by atomic mass is 9.98. The van der Waals surface area contributed by atoms with E-state index in [9.17, 15) is 4.79 Å². The van der Waals surface area contributed by atoms with E-state index < -0.39 is 6.09 Å². The SMILES string of the molecule is O=C(NCC#Cc1ccc(-c2ccccc2)cc1)OCC1c2ccccc2-c2ccccc21. The van der Waals surface area contributed by atoms with Crippen molar-refractivity contribution in [1.29, 1.82) is 0 Å². The predicted octanol–water partition coefficient (Wildman–Crippen LogP) is 6.24. The summed E-state index contributed by atoms with van der Waals surface area (Å²) in [5, 5.41) is 2.73. The normalized spacial score (nSPS) is 11.6. The molecule has 5 rings (SSSR count). The van der Waals surface area contributed by atoms with Crippen LogP contribution in [0.25, 0.3) is 22.3 Å². The van der Waals surface area contributed by atoms with Crippen LogP contribution in [-0.2, 0) is 4.74 Å². The van der Waals surface area contributed by atoms with Gasteiger partial charge in [0.05, 0.1) is 6.54 Å². The fourth-order valence-electron chi connectivity index (χ4n) is 4.29. The van der Waals surface area contributed by atoms with Gasteiger partial charge >= 0.3 is 6.09 Å². The largest absolute Gasteiger partial charge is 0.449 e. The summed E-state index contributed by atoms with van der Waals surface area (Å²) in [6.07, 6.45) is -0.453. The summed E-state index contributed by atoms with van der Waals surface area (Å²) in [5.74, 6) is 6.12. The highest BCUT2D eigenvalue weighted by Gasteiger charge is 2.28. The number of nitrogens with one attached hydrogen (secondary N) is 1. The van der Waals surface area contributed by atoms with Crippen molar-refractivity contribution in [2.24, 2.45) is 0 Å². The van der Waals surface area contributed by atoms with Crippen molar-refractivity contribution in [3.63, 3.8) is 0 Å². The maximum atomic E-state index is 12.2. The van der Waals surface area contributed by atoms with Crippen LogP contribution in [0.4, 0.5) is 4.79 Å². The first-order chi connectivity index (χ1) is 16.3. The van der Waals surface area contributed by atoms with Crippen LogP contribution in [0.1, 0.15) is 22.6 Å². The second-order valence-corrected chi connectivity index (χ2v) is 7.92. The molecule has 160 valence electrons. The van der Waals surface area contributed by atoms with Gasteiger partial charge in [-0.1, -0.05) is 103 Å². The van der Waals surface area contributed by atoms with E-state index in [4.69, 9.17) is 4.74 Å². The Bertz CT molecular complexity index is 1290. The molecule has 0 saturated heterocycles. The fraction of sp³-hybridized carbons (Fsp3) is 0.100. The number of alkyl carbamates (subject to hydrolysis) is 1. The van der Waals surface area contributed by atoms with Crippen LogP contribution in [0.3, 0.4) is 0 Å². The molecule has 0 bridgehead atoms. The van der Waals surface area contributed by atoms with Crippen molar-refractivity contribution >= 4 is 6.09 Å². The lowest BCUT2D eigenvalue weighted by Crippen LogP contribution is -2.26. The molecule has 0 saturated carbocycles. The van der Waals surface area contributed by atoms with E-state index in [0.29, 0.717) is 6.61 Å². The van der Waals surface area contributed by atoms with Gasteiger partial charge in [0.25, 0.3) is 0 Å². The van der Waals surface area contributed by atoms with Gasteiger partial charge in [-0.3, -0.25) is 0 Å². The first-order valence-corrected chi connectivity index (χ1v) is 11.0. The molecule has 1 amide bonds. The Morgan fingerprint density at radius 3 is 1.97 bits per heavy atom. The lowest BCUT2D eigenvalue weighted by Gasteiger charge is -2.14. The van der Waals surface area contributed by atoms with E-state index in [2.05, 4.69) is 65.7 Å². The average molecular weight is 430 g/mol. The number of carbonyl (C=O) groups excluding carboxylic acids is 1.